The molecule has 3 rings (SSSR count). The van der Waals surface area contributed by atoms with Gasteiger partial charge in [0, 0.05) is 22.0 Å². The quantitative estimate of drug-likeness (QED) is 0.746. The molecule has 0 spiro atoms. The van der Waals surface area contributed by atoms with Crippen molar-refractivity contribution >= 4 is 21.4 Å². The summed E-state index contributed by atoms with van der Waals surface area (Å²) in [6.07, 6.45) is 2.49. The van der Waals surface area contributed by atoms with E-state index < -0.39 is 0 Å². The molecule has 0 radical (unpaired) electrons. The van der Waals surface area contributed by atoms with E-state index >= 15 is 0 Å². The Morgan fingerprint density at radius 3 is 2.95 bits per heavy atom. The maximum atomic E-state index is 13.3. The van der Waals surface area contributed by atoms with Gasteiger partial charge >= 0.3 is 0 Å². The lowest BCUT2D eigenvalue weighted by Gasteiger charge is -2.14. The van der Waals surface area contributed by atoms with Crippen LogP contribution in [0.15, 0.2) is 47.1 Å². The first kappa shape index (κ1) is 13.3. The summed E-state index contributed by atoms with van der Waals surface area (Å²) in [5.74, 6) is 0.771. The monoisotopic (exact) mass is 289 g/mol. The van der Waals surface area contributed by atoms with E-state index in [-0.39, 0.29) is 11.9 Å². The van der Waals surface area contributed by atoms with Crippen molar-refractivity contribution in [2.45, 2.75) is 19.4 Å². The molecule has 1 N–H and O–H groups in total. The lowest BCUT2D eigenvalue weighted by atomic mass is 10.1. The van der Waals surface area contributed by atoms with Gasteiger partial charge in [0.2, 0.25) is 0 Å². The van der Waals surface area contributed by atoms with Gasteiger partial charge in [0.1, 0.15) is 11.6 Å². The highest BCUT2D eigenvalue weighted by Gasteiger charge is 2.16. The van der Waals surface area contributed by atoms with Crippen LogP contribution >= 0.6 is 11.3 Å². The molecule has 20 heavy (non-hydrogen) atoms. The van der Waals surface area contributed by atoms with Gasteiger partial charge in [0.15, 0.2) is 0 Å². The molecule has 0 aliphatic rings. The Bertz CT molecular complexity index is 690. The van der Waals surface area contributed by atoms with Crippen LogP contribution in [-0.4, -0.2) is 6.54 Å². The van der Waals surface area contributed by atoms with Crippen LogP contribution in [0.5, 0.6) is 0 Å². The number of halogens is 1. The number of furan rings is 1. The third-order valence-corrected chi connectivity index (χ3v) is 4.51. The first-order valence-corrected chi connectivity index (χ1v) is 7.52. The molecule has 3 aromatic rings. The van der Waals surface area contributed by atoms with Crippen molar-refractivity contribution in [3.8, 4) is 0 Å². The second-order valence-corrected chi connectivity index (χ2v) is 5.84. The molecule has 0 aliphatic carbocycles. The highest BCUT2D eigenvalue weighted by molar-refractivity contribution is 7.19. The molecule has 1 unspecified atom stereocenters. The lowest BCUT2D eigenvalue weighted by Crippen LogP contribution is -2.21. The van der Waals surface area contributed by atoms with E-state index in [4.69, 9.17) is 4.42 Å². The lowest BCUT2D eigenvalue weighted by molar-refractivity contribution is 0.458. The van der Waals surface area contributed by atoms with Crippen LogP contribution in [0.25, 0.3) is 10.1 Å². The van der Waals surface area contributed by atoms with Crippen LogP contribution in [0.1, 0.15) is 23.6 Å². The minimum absolute atomic E-state index is 0.187. The molecule has 2 nitrogen and oxygen atoms in total. The second kappa shape index (κ2) is 5.77. The molecule has 2 aromatic heterocycles. The summed E-state index contributed by atoms with van der Waals surface area (Å²) in [4.78, 5) is 1.21. The molecule has 0 saturated carbocycles. The number of hydrogen-bond donors (Lipinski definition) is 1. The normalized spacial score (nSPS) is 12.9. The number of fused-ring (bicyclic) bond motifs is 1. The van der Waals surface area contributed by atoms with Gasteiger partial charge in [-0.05, 0) is 48.3 Å². The van der Waals surface area contributed by atoms with Gasteiger partial charge < -0.3 is 9.73 Å². The third-order valence-electron chi connectivity index (χ3n) is 3.28. The van der Waals surface area contributed by atoms with E-state index in [1.807, 2.05) is 18.2 Å². The van der Waals surface area contributed by atoms with E-state index in [9.17, 15) is 4.39 Å². The average molecular weight is 289 g/mol. The van der Waals surface area contributed by atoms with Gasteiger partial charge in [-0.25, -0.2) is 4.39 Å². The summed E-state index contributed by atoms with van der Waals surface area (Å²) in [5.41, 5.74) is 0. The van der Waals surface area contributed by atoms with Crippen molar-refractivity contribution in [2.75, 3.05) is 6.54 Å². The Kier molecular flexibility index (Phi) is 3.85. The number of rotatable bonds is 5. The first-order chi connectivity index (χ1) is 9.76. The zero-order chi connectivity index (χ0) is 13.9. The minimum Gasteiger partial charge on any atom is -0.469 e. The van der Waals surface area contributed by atoms with Gasteiger partial charge in [0.25, 0.3) is 0 Å². The molecule has 1 aromatic carbocycles. The minimum atomic E-state index is -0.187. The summed E-state index contributed by atoms with van der Waals surface area (Å²) in [6, 6.07) is 11.1. The van der Waals surface area contributed by atoms with Crippen molar-refractivity contribution < 1.29 is 8.81 Å². The molecule has 2 heterocycles. The molecule has 104 valence electrons. The summed E-state index contributed by atoms with van der Waals surface area (Å²) in [5, 5.41) is 4.43. The first-order valence-electron chi connectivity index (χ1n) is 6.71. The highest BCUT2D eigenvalue weighted by atomic mass is 32.1. The van der Waals surface area contributed by atoms with Gasteiger partial charge in [0.05, 0.1) is 6.26 Å². The Labute approximate surface area is 121 Å². The van der Waals surface area contributed by atoms with Crippen LogP contribution < -0.4 is 5.32 Å². The third kappa shape index (κ3) is 2.76. The number of likely N-dealkylation sites (N-methyl/N-ethyl adjacent to an activating group) is 1. The Hall–Kier alpha value is -1.65. The Morgan fingerprint density at radius 2 is 2.20 bits per heavy atom. The maximum absolute atomic E-state index is 13.3. The van der Waals surface area contributed by atoms with Crippen molar-refractivity contribution in [3.63, 3.8) is 0 Å². The van der Waals surface area contributed by atoms with Crippen LogP contribution in [0.2, 0.25) is 0 Å². The standard InChI is InChI=1S/C16H16FNOS/c1-2-18-14(10-13-4-3-7-19-13)16-9-11-8-12(17)5-6-15(11)20-16/h3-9,14,18H,2,10H2,1H3. The van der Waals surface area contributed by atoms with E-state index in [0.717, 1.165) is 28.8 Å². The predicted molar refractivity (Wildman–Crippen MR) is 80.6 cm³/mol. The van der Waals surface area contributed by atoms with Gasteiger partial charge in [-0.3, -0.25) is 0 Å². The Balaban J connectivity index is 1.92. The average Bonchev–Trinajstić information content (AvgIpc) is 3.06. The molecule has 0 saturated heterocycles. The molecule has 1 atom stereocenters. The van der Waals surface area contributed by atoms with Crippen LogP contribution in [-0.2, 0) is 6.42 Å². The molecule has 0 fully saturated rings. The van der Waals surface area contributed by atoms with Crippen molar-refractivity contribution in [1.29, 1.82) is 0 Å². The summed E-state index contributed by atoms with van der Waals surface area (Å²) < 4.78 is 19.8. The summed E-state index contributed by atoms with van der Waals surface area (Å²) >= 11 is 1.71. The van der Waals surface area contributed by atoms with Gasteiger partial charge in [-0.1, -0.05) is 6.92 Å². The van der Waals surface area contributed by atoms with Crippen LogP contribution in [0, 0.1) is 5.82 Å². The van der Waals surface area contributed by atoms with E-state index in [1.165, 1.54) is 10.9 Å². The van der Waals surface area contributed by atoms with Crippen LogP contribution in [0.3, 0.4) is 0 Å². The fourth-order valence-electron chi connectivity index (χ4n) is 2.36. The molecule has 0 amide bonds. The number of thiophene rings is 1. The maximum Gasteiger partial charge on any atom is 0.123 e. The fraction of sp³-hybridized carbons (Fsp3) is 0.250. The fourth-order valence-corrected chi connectivity index (χ4v) is 3.48. The zero-order valence-corrected chi connectivity index (χ0v) is 12.0. The van der Waals surface area contributed by atoms with Gasteiger partial charge in [-0.2, -0.15) is 0 Å². The molecule has 0 aliphatic heterocycles. The number of benzene rings is 1. The molecular weight excluding hydrogens is 273 g/mol. The molecular formula is C16H16FNOS. The highest BCUT2D eigenvalue weighted by Crippen LogP contribution is 2.32. The molecule has 4 heteroatoms. The molecule has 0 bridgehead atoms. The predicted octanol–water partition coefficient (Wildman–Crippen LogP) is 4.53. The van der Waals surface area contributed by atoms with E-state index in [2.05, 4.69) is 18.3 Å². The zero-order valence-electron chi connectivity index (χ0n) is 11.2. The van der Waals surface area contributed by atoms with E-state index in [1.54, 1.807) is 23.7 Å². The van der Waals surface area contributed by atoms with Crippen molar-refractivity contribution in [3.05, 3.63) is 59.1 Å². The van der Waals surface area contributed by atoms with Crippen molar-refractivity contribution in [2.24, 2.45) is 0 Å². The van der Waals surface area contributed by atoms with E-state index in [0.29, 0.717) is 0 Å². The second-order valence-electron chi connectivity index (χ2n) is 4.72. The largest absolute Gasteiger partial charge is 0.469 e. The number of hydrogen-bond acceptors (Lipinski definition) is 3. The van der Waals surface area contributed by atoms with Crippen LogP contribution in [0.4, 0.5) is 4.39 Å². The number of nitrogens with one attached hydrogen (secondary N) is 1. The smallest absolute Gasteiger partial charge is 0.123 e. The summed E-state index contributed by atoms with van der Waals surface area (Å²) in [6.45, 7) is 2.97. The topological polar surface area (TPSA) is 25.2 Å². The van der Waals surface area contributed by atoms with Crippen molar-refractivity contribution in [1.82, 2.24) is 5.32 Å². The SMILES string of the molecule is CCNC(Cc1ccco1)c1cc2cc(F)ccc2s1. The summed E-state index contributed by atoms with van der Waals surface area (Å²) in [7, 11) is 0. The van der Waals surface area contributed by atoms with Gasteiger partial charge in [-0.15, -0.1) is 11.3 Å². The Morgan fingerprint density at radius 1 is 1.30 bits per heavy atom.